The largest absolute Gasteiger partial charge is 0.357 e. The van der Waals surface area contributed by atoms with Crippen molar-refractivity contribution in [1.82, 2.24) is 15.1 Å². The second kappa shape index (κ2) is 11.5. The van der Waals surface area contributed by atoms with Gasteiger partial charge in [-0.15, -0.1) is 24.0 Å². The Balaban J connectivity index is 0.00000264. The Hall–Kier alpha value is -0.0400. The van der Waals surface area contributed by atoms with E-state index in [0.717, 1.165) is 30.9 Å². The molecule has 2 aliphatic heterocycles. The lowest BCUT2D eigenvalue weighted by atomic mass is 9.97. The molecule has 136 valence electrons. The van der Waals surface area contributed by atoms with Gasteiger partial charge in [0.15, 0.2) is 5.96 Å². The summed E-state index contributed by atoms with van der Waals surface area (Å²) in [4.78, 5) is 10.0. The molecule has 0 atom stereocenters. The van der Waals surface area contributed by atoms with Crippen LogP contribution in [0.4, 0.5) is 0 Å². The van der Waals surface area contributed by atoms with Crippen LogP contribution in [0, 0.1) is 11.8 Å². The van der Waals surface area contributed by atoms with Crippen molar-refractivity contribution in [1.29, 1.82) is 0 Å². The van der Waals surface area contributed by atoms with Crippen LogP contribution in [-0.4, -0.2) is 61.6 Å². The highest BCUT2D eigenvalue weighted by atomic mass is 127. The first-order chi connectivity index (χ1) is 10.7. The quantitative estimate of drug-likeness (QED) is 0.407. The minimum atomic E-state index is 0. The van der Waals surface area contributed by atoms with Gasteiger partial charge in [0.2, 0.25) is 0 Å². The average molecular weight is 436 g/mol. The fourth-order valence-electron chi connectivity index (χ4n) is 3.57. The molecular weight excluding hydrogens is 399 g/mol. The fraction of sp³-hybridized carbons (Fsp3) is 0.944. The van der Waals surface area contributed by atoms with Crippen LogP contribution in [0.2, 0.25) is 0 Å². The van der Waals surface area contributed by atoms with E-state index < -0.39 is 0 Å². The molecule has 4 nitrogen and oxygen atoms in total. The van der Waals surface area contributed by atoms with Gasteiger partial charge in [0.05, 0.1) is 0 Å². The molecule has 0 bridgehead atoms. The summed E-state index contributed by atoms with van der Waals surface area (Å²) in [6, 6.07) is 0. The monoisotopic (exact) mass is 436 g/mol. The standard InChI is InChI=1S/C18H36N4.HI/c1-4-10-21-11-8-17(9-12-21)15-20-18(19-5-2)22-13-6-16(3)7-14-22;/h16-17H,4-15H2,1-3H3,(H,19,20);1H. The lowest BCUT2D eigenvalue weighted by molar-refractivity contribution is 0.187. The molecule has 0 radical (unpaired) electrons. The van der Waals surface area contributed by atoms with Gasteiger partial charge in [-0.2, -0.15) is 0 Å². The van der Waals surface area contributed by atoms with Gasteiger partial charge >= 0.3 is 0 Å². The summed E-state index contributed by atoms with van der Waals surface area (Å²) in [6.45, 7) is 14.9. The van der Waals surface area contributed by atoms with Gasteiger partial charge in [0, 0.05) is 26.2 Å². The van der Waals surface area contributed by atoms with E-state index in [0.29, 0.717) is 0 Å². The summed E-state index contributed by atoms with van der Waals surface area (Å²) >= 11 is 0. The molecule has 0 amide bonds. The van der Waals surface area contributed by atoms with Crippen LogP contribution < -0.4 is 5.32 Å². The van der Waals surface area contributed by atoms with Gasteiger partial charge in [0.1, 0.15) is 0 Å². The zero-order chi connectivity index (χ0) is 15.8. The third kappa shape index (κ3) is 7.16. The highest BCUT2D eigenvalue weighted by molar-refractivity contribution is 14.0. The topological polar surface area (TPSA) is 30.9 Å². The summed E-state index contributed by atoms with van der Waals surface area (Å²) < 4.78 is 0. The van der Waals surface area contributed by atoms with Gasteiger partial charge in [-0.05, 0) is 70.5 Å². The highest BCUT2D eigenvalue weighted by Gasteiger charge is 2.21. The lowest BCUT2D eigenvalue weighted by Crippen LogP contribution is -2.45. The summed E-state index contributed by atoms with van der Waals surface area (Å²) in [6.07, 6.45) is 6.53. The molecule has 0 unspecified atom stereocenters. The van der Waals surface area contributed by atoms with E-state index in [9.17, 15) is 0 Å². The van der Waals surface area contributed by atoms with Crippen LogP contribution in [0.3, 0.4) is 0 Å². The first-order valence-corrected chi connectivity index (χ1v) is 9.48. The van der Waals surface area contributed by atoms with Crippen molar-refractivity contribution >= 4 is 29.9 Å². The molecular formula is C18H37IN4. The highest BCUT2D eigenvalue weighted by Crippen LogP contribution is 2.19. The molecule has 2 fully saturated rings. The first-order valence-electron chi connectivity index (χ1n) is 9.48. The molecule has 5 heteroatoms. The summed E-state index contributed by atoms with van der Waals surface area (Å²) in [5.41, 5.74) is 0. The minimum absolute atomic E-state index is 0. The number of rotatable bonds is 5. The minimum Gasteiger partial charge on any atom is -0.357 e. The van der Waals surface area contributed by atoms with Crippen LogP contribution in [0.15, 0.2) is 4.99 Å². The van der Waals surface area contributed by atoms with E-state index in [1.54, 1.807) is 0 Å². The van der Waals surface area contributed by atoms with E-state index in [1.165, 1.54) is 64.8 Å². The number of nitrogens with one attached hydrogen (secondary N) is 1. The molecule has 2 aliphatic rings. The molecule has 0 aromatic heterocycles. The van der Waals surface area contributed by atoms with Crippen molar-refractivity contribution in [3.63, 3.8) is 0 Å². The Morgan fingerprint density at radius 3 is 2.26 bits per heavy atom. The van der Waals surface area contributed by atoms with Crippen LogP contribution in [0.5, 0.6) is 0 Å². The summed E-state index contributed by atoms with van der Waals surface area (Å²) in [5, 5.41) is 3.50. The van der Waals surface area contributed by atoms with Crippen LogP contribution in [0.1, 0.15) is 52.9 Å². The van der Waals surface area contributed by atoms with Crippen molar-refractivity contribution in [3.8, 4) is 0 Å². The molecule has 2 heterocycles. The molecule has 2 rings (SSSR count). The first kappa shape index (κ1) is 21.0. The van der Waals surface area contributed by atoms with E-state index >= 15 is 0 Å². The summed E-state index contributed by atoms with van der Waals surface area (Å²) in [7, 11) is 0. The normalized spacial score (nSPS) is 22.0. The van der Waals surface area contributed by atoms with Crippen molar-refractivity contribution in [2.45, 2.75) is 52.9 Å². The third-order valence-corrected chi connectivity index (χ3v) is 5.16. The predicted octanol–water partition coefficient (Wildman–Crippen LogP) is 3.42. The Kier molecular flexibility index (Phi) is 10.5. The number of guanidine groups is 1. The van der Waals surface area contributed by atoms with Gasteiger partial charge in [-0.25, -0.2) is 0 Å². The molecule has 0 aromatic carbocycles. The maximum absolute atomic E-state index is 4.97. The van der Waals surface area contributed by atoms with Crippen LogP contribution in [0.25, 0.3) is 0 Å². The van der Waals surface area contributed by atoms with Gasteiger partial charge in [0.25, 0.3) is 0 Å². The zero-order valence-electron chi connectivity index (χ0n) is 15.4. The van der Waals surface area contributed by atoms with E-state index in [1.807, 2.05) is 0 Å². The molecule has 2 saturated heterocycles. The van der Waals surface area contributed by atoms with Gasteiger partial charge in [-0.1, -0.05) is 13.8 Å². The average Bonchev–Trinajstić information content (AvgIpc) is 2.54. The maximum Gasteiger partial charge on any atom is 0.193 e. The number of aliphatic imine (C=N–C) groups is 1. The molecule has 0 aliphatic carbocycles. The lowest BCUT2D eigenvalue weighted by Gasteiger charge is -2.34. The Morgan fingerprint density at radius 1 is 1.04 bits per heavy atom. The van der Waals surface area contributed by atoms with E-state index in [2.05, 4.69) is 35.9 Å². The zero-order valence-corrected chi connectivity index (χ0v) is 17.7. The van der Waals surface area contributed by atoms with Gasteiger partial charge < -0.3 is 15.1 Å². The molecule has 0 saturated carbocycles. The maximum atomic E-state index is 4.97. The molecule has 0 aromatic rings. The summed E-state index contributed by atoms with van der Waals surface area (Å²) in [5.74, 6) is 2.82. The van der Waals surface area contributed by atoms with E-state index in [-0.39, 0.29) is 24.0 Å². The van der Waals surface area contributed by atoms with Crippen LogP contribution >= 0.6 is 24.0 Å². The number of hydrogen-bond donors (Lipinski definition) is 1. The number of nitrogens with zero attached hydrogens (tertiary/aromatic N) is 3. The van der Waals surface area contributed by atoms with Crippen molar-refractivity contribution in [2.24, 2.45) is 16.8 Å². The second-order valence-electron chi connectivity index (χ2n) is 7.15. The number of halogens is 1. The van der Waals surface area contributed by atoms with E-state index in [4.69, 9.17) is 4.99 Å². The smallest absolute Gasteiger partial charge is 0.193 e. The fourth-order valence-corrected chi connectivity index (χ4v) is 3.57. The Bertz CT molecular complexity index is 332. The van der Waals surface area contributed by atoms with Crippen molar-refractivity contribution < 1.29 is 0 Å². The number of likely N-dealkylation sites (tertiary alicyclic amines) is 2. The molecule has 23 heavy (non-hydrogen) atoms. The van der Waals surface area contributed by atoms with Crippen molar-refractivity contribution in [2.75, 3.05) is 45.8 Å². The van der Waals surface area contributed by atoms with Crippen LogP contribution in [-0.2, 0) is 0 Å². The van der Waals surface area contributed by atoms with Gasteiger partial charge in [-0.3, -0.25) is 4.99 Å². The molecule has 1 N–H and O–H groups in total. The Labute approximate surface area is 160 Å². The molecule has 0 spiro atoms. The number of piperidine rings is 2. The second-order valence-corrected chi connectivity index (χ2v) is 7.15. The number of hydrogen-bond acceptors (Lipinski definition) is 2. The van der Waals surface area contributed by atoms with Crippen molar-refractivity contribution in [3.05, 3.63) is 0 Å². The SMILES string of the molecule is CCCN1CCC(CN=C(NCC)N2CCC(C)CC2)CC1.I. The predicted molar refractivity (Wildman–Crippen MR) is 111 cm³/mol. The Morgan fingerprint density at radius 2 is 1.70 bits per heavy atom. The third-order valence-electron chi connectivity index (χ3n) is 5.16.